The highest BCUT2D eigenvalue weighted by Gasteiger charge is 2.72. The molecule has 310 valence electrons. The second-order valence-electron chi connectivity index (χ2n) is 13.2. The summed E-state index contributed by atoms with van der Waals surface area (Å²) in [5, 5.41) is 32.7. The Morgan fingerprint density at radius 3 is 0.981 bits per heavy atom. The van der Waals surface area contributed by atoms with E-state index in [4.69, 9.17) is 21.0 Å². The van der Waals surface area contributed by atoms with E-state index in [2.05, 4.69) is 18.9 Å². The van der Waals surface area contributed by atoms with Crippen molar-refractivity contribution >= 4 is 40.1 Å². The van der Waals surface area contributed by atoms with E-state index in [0.29, 0.717) is 109 Å². The van der Waals surface area contributed by atoms with Gasteiger partial charge in [0, 0.05) is 51.9 Å². The van der Waals surface area contributed by atoms with E-state index in [9.17, 15) is 33.7 Å². The molecule has 0 bridgehead atoms. The molecule has 0 aliphatic rings. The van der Waals surface area contributed by atoms with Crippen molar-refractivity contribution < 1.29 is 33.7 Å². The topological polar surface area (TPSA) is 280 Å². The molecule has 0 fully saturated rings. The van der Waals surface area contributed by atoms with Gasteiger partial charge in [0.2, 0.25) is 10.0 Å². The van der Waals surface area contributed by atoms with Gasteiger partial charge >= 0.3 is 3.41 Å². The van der Waals surface area contributed by atoms with Crippen LogP contribution < -0.4 is 18.9 Å². The Labute approximate surface area is 326 Å². The van der Waals surface area contributed by atoms with Crippen LogP contribution in [0.15, 0.2) is 0 Å². The van der Waals surface area contributed by atoms with Crippen LogP contribution in [0.1, 0.15) is 155 Å². The number of nitrogens with one attached hydrogen (secondary N) is 4. The molecule has 0 radical (unpaired) electrons. The van der Waals surface area contributed by atoms with E-state index in [1.54, 1.807) is 6.92 Å². The third-order valence-corrected chi connectivity index (χ3v) is 19.9. The molecular weight excluding hydrogens is 777 g/mol. The number of hydrogen-bond acceptors (Lipinski definition) is 12. The van der Waals surface area contributed by atoms with Gasteiger partial charge in [-0.05, 0) is 57.8 Å². The standard InChI is InChI=1S/C34H62N8O8S4/c1-2-3-24-33(51(43,44)39-29-20-12-4-8-16-25-35)34(52(45,46)40-30-21-13-5-9-17-26-36,53(47,48)41-31-22-14-6-10-18-27-37)54(49,50)42-32-23-15-7-11-19-28-38/h33,39-42H,2-24,29-32H2,1H3. The molecular formula is C34H62N8O8S4. The molecule has 0 saturated carbocycles. The molecule has 1 unspecified atom stereocenters. The summed E-state index contributed by atoms with van der Waals surface area (Å²) in [6, 6.07) is 8.08. The monoisotopic (exact) mass is 838 g/mol. The van der Waals surface area contributed by atoms with Gasteiger partial charge in [0.1, 0.15) is 5.25 Å². The van der Waals surface area contributed by atoms with Crippen LogP contribution in [0.5, 0.6) is 0 Å². The Hall–Kier alpha value is -2.40. The molecule has 0 aliphatic carbocycles. The third kappa shape index (κ3) is 18.0. The van der Waals surface area contributed by atoms with E-state index >= 15 is 0 Å². The van der Waals surface area contributed by atoms with Crippen LogP contribution in [0.4, 0.5) is 0 Å². The molecule has 0 spiro atoms. The van der Waals surface area contributed by atoms with Gasteiger partial charge in [-0.15, -0.1) is 0 Å². The van der Waals surface area contributed by atoms with Crippen molar-refractivity contribution in [1.29, 1.82) is 21.0 Å². The Morgan fingerprint density at radius 2 is 0.704 bits per heavy atom. The normalized spacial score (nSPS) is 13.1. The summed E-state index contributed by atoms with van der Waals surface area (Å²) in [5.41, 5.74) is 0. The van der Waals surface area contributed by atoms with Crippen molar-refractivity contribution in [3.8, 4) is 24.3 Å². The van der Waals surface area contributed by atoms with Gasteiger partial charge in [-0.2, -0.15) is 21.0 Å². The van der Waals surface area contributed by atoms with Crippen molar-refractivity contribution in [2.45, 2.75) is 163 Å². The highest BCUT2D eigenvalue weighted by molar-refractivity contribution is 8.25. The summed E-state index contributed by atoms with van der Waals surface area (Å²) < 4.78 is 121. The summed E-state index contributed by atoms with van der Waals surface area (Å²) in [6.07, 6.45) is 8.09. The highest BCUT2D eigenvalue weighted by Crippen LogP contribution is 2.39. The third-order valence-electron chi connectivity index (χ3n) is 8.75. The maximum absolute atomic E-state index is 14.7. The molecule has 0 aromatic heterocycles. The molecule has 0 amide bonds. The molecule has 0 rings (SSSR count). The van der Waals surface area contributed by atoms with Crippen LogP contribution in [0.25, 0.3) is 0 Å². The molecule has 0 heterocycles. The average molecular weight is 839 g/mol. The van der Waals surface area contributed by atoms with E-state index in [1.165, 1.54) is 0 Å². The predicted octanol–water partition coefficient (Wildman–Crippen LogP) is 4.77. The van der Waals surface area contributed by atoms with E-state index in [-0.39, 0.29) is 58.3 Å². The van der Waals surface area contributed by atoms with Gasteiger partial charge < -0.3 is 0 Å². The van der Waals surface area contributed by atoms with Crippen LogP contribution in [0.2, 0.25) is 0 Å². The van der Waals surface area contributed by atoms with Crippen LogP contribution in [0, 0.1) is 45.3 Å². The minimum atomic E-state index is -5.59. The van der Waals surface area contributed by atoms with Gasteiger partial charge in [0.25, 0.3) is 30.1 Å². The second-order valence-corrected chi connectivity index (χ2v) is 21.7. The lowest BCUT2D eigenvalue weighted by atomic mass is 10.1. The Kier molecular flexibility index (Phi) is 27.6. The van der Waals surface area contributed by atoms with E-state index in [1.807, 2.05) is 24.3 Å². The number of hydrogen-bond donors (Lipinski definition) is 4. The minimum Gasteiger partial charge on any atom is -0.215 e. The lowest BCUT2D eigenvalue weighted by Gasteiger charge is -2.38. The Bertz CT molecular complexity index is 1520. The van der Waals surface area contributed by atoms with Gasteiger partial charge in [-0.25, -0.2) is 52.6 Å². The number of unbranched alkanes of at least 4 members (excludes halogenated alkanes) is 17. The zero-order valence-electron chi connectivity index (χ0n) is 31.9. The smallest absolute Gasteiger partial charge is 0.215 e. The summed E-state index contributed by atoms with van der Waals surface area (Å²) in [5.74, 6) is 0. The van der Waals surface area contributed by atoms with Crippen molar-refractivity contribution in [2.75, 3.05) is 26.2 Å². The first-order valence-electron chi connectivity index (χ1n) is 19.1. The molecule has 0 aromatic rings. The van der Waals surface area contributed by atoms with E-state index < -0.39 is 55.2 Å². The Morgan fingerprint density at radius 1 is 0.426 bits per heavy atom. The first-order valence-corrected chi connectivity index (χ1v) is 25.1. The zero-order valence-corrected chi connectivity index (χ0v) is 35.1. The van der Waals surface area contributed by atoms with Crippen molar-refractivity contribution in [1.82, 2.24) is 18.9 Å². The quantitative estimate of drug-likeness (QED) is 0.0621. The van der Waals surface area contributed by atoms with Gasteiger partial charge in [-0.3, -0.25) is 0 Å². The minimum absolute atomic E-state index is 0.0152. The predicted molar refractivity (Wildman–Crippen MR) is 209 cm³/mol. The fraction of sp³-hybridized carbons (Fsp3) is 0.882. The number of nitrogens with zero attached hydrogens (tertiary/aromatic N) is 4. The summed E-state index contributed by atoms with van der Waals surface area (Å²) in [4.78, 5) is 0. The fourth-order valence-corrected chi connectivity index (χ4v) is 17.4. The molecule has 1 atom stereocenters. The van der Waals surface area contributed by atoms with Crippen LogP contribution in [-0.2, 0) is 40.1 Å². The fourth-order valence-electron chi connectivity index (χ4n) is 5.83. The molecule has 0 aliphatic heterocycles. The maximum Gasteiger partial charge on any atom is 0.330 e. The molecule has 20 heteroatoms. The number of sulfonamides is 4. The number of rotatable bonds is 36. The maximum atomic E-state index is 14.7. The lowest BCUT2D eigenvalue weighted by Crippen LogP contribution is -2.71. The molecule has 0 aromatic carbocycles. The largest absolute Gasteiger partial charge is 0.330 e. The first kappa shape index (κ1) is 51.6. The SMILES string of the molecule is CCCCC(C(S(=O)(=O)NCCCCCCC#N)(S(=O)(=O)NCCCCCCC#N)S(=O)(=O)NCCCCCCC#N)S(=O)(=O)NCCCCCCC#N. The zero-order chi connectivity index (χ0) is 40.8. The summed E-state index contributed by atoms with van der Waals surface area (Å²) in [6.45, 7) is 0.329. The molecule has 0 saturated heterocycles. The molecule has 4 N–H and O–H groups in total. The first-order chi connectivity index (χ1) is 25.7. The molecule has 16 nitrogen and oxygen atoms in total. The van der Waals surface area contributed by atoms with Crippen LogP contribution in [0.3, 0.4) is 0 Å². The van der Waals surface area contributed by atoms with Gasteiger partial charge in [0.15, 0.2) is 0 Å². The Balaban J connectivity index is 7.22. The average Bonchev–Trinajstić information content (AvgIpc) is 3.11. The van der Waals surface area contributed by atoms with Gasteiger partial charge in [-0.1, -0.05) is 71.1 Å². The van der Waals surface area contributed by atoms with Crippen molar-refractivity contribution in [3.63, 3.8) is 0 Å². The lowest BCUT2D eigenvalue weighted by molar-refractivity contribution is 0.493. The van der Waals surface area contributed by atoms with Crippen LogP contribution in [-0.4, -0.2) is 68.5 Å². The highest BCUT2D eigenvalue weighted by atomic mass is 32.3. The second kappa shape index (κ2) is 28.9. The number of nitriles is 4. The van der Waals surface area contributed by atoms with Crippen molar-refractivity contribution in [3.05, 3.63) is 0 Å². The summed E-state index contributed by atoms with van der Waals surface area (Å²) in [7, 11) is -21.8. The van der Waals surface area contributed by atoms with Crippen molar-refractivity contribution in [2.24, 2.45) is 0 Å². The molecule has 54 heavy (non-hydrogen) atoms. The van der Waals surface area contributed by atoms with E-state index in [0.717, 1.165) is 0 Å². The summed E-state index contributed by atoms with van der Waals surface area (Å²) >= 11 is 0. The van der Waals surface area contributed by atoms with Crippen LogP contribution >= 0.6 is 0 Å². The van der Waals surface area contributed by atoms with Gasteiger partial charge in [0.05, 0.1) is 24.3 Å².